The van der Waals surface area contributed by atoms with E-state index in [1.54, 1.807) is 12.1 Å². The van der Waals surface area contributed by atoms with E-state index in [1.165, 1.54) is 13.4 Å². The van der Waals surface area contributed by atoms with E-state index in [0.29, 0.717) is 12.1 Å². The van der Waals surface area contributed by atoms with Crippen molar-refractivity contribution in [1.29, 1.82) is 0 Å². The summed E-state index contributed by atoms with van der Waals surface area (Å²) in [4.78, 5) is 23.4. The molecule has 0 aliphatic heterocycles. The molecule has 3 rings (SSSR count). The number of esters is 1. The Morgan fingerprint density at radius 1 is 1.41 bits per heavy atom. The molecule has 0 saturated carbocycles. The van der Waals surface area contributed by atoms with E-state index >= 15 is 0 Å². The first-order chi connectivity index (χ1) is 10.7. The van der Waals surface area contributed by atoms with Crippen molar-refractivity contribution in [1.82, 2.24) is 15.0 Å². The van der Waals surface area contributed by atoms with E-state index in [-0.39, 0.29) is 5.97 Å². The third-order valence-corrected chi connectivity index (χ3v) is 3.48. The summed E-state index contributed by atoms with van der Waals surface area (Å²) in [6.45, 7) is 1.37. The first-order valence-electron chi connectivity index (χ1n) is 7.03. The fourth-order valence-electron chi connectivity index (χ4n) is 2.42. The predicted octanol–water partition coefficient (Wildman–Crippen LogP) is 1.66. The summed E-state index contributed by atoms with van der Waals surface area (Å²) in [5.41, 5.74) is 7.55. The summed E-state index contributed by atoms with van der Waals surface area (Å²) in [6.07, 6.45) is 2.37. The summed E-state index contributed by atoms with van der Waals surface area (Å²) >= 11 is 0. The highest BCUT2D eigenvalue weighted by Crippen LogP contribution is 2.29. The zero-order valence-electron chi connectivity index (χ0n) is 12.2. The second-order valence-electron chi connectivity index (χ2n) is 4.89. The van der Waals surface area contributed by atoms with Crippen LogP contribution in [0.1, 0.15) is 16.8 Å². The van der Waals surface area contributed by atoms with Crippen LogP contribution in [0.3, 0.4) is 0 Å². The van der Waals surface area contributed by atoms with Crippen LogP contribution < -0.4 is 11.1 Å². The largest absolute Gasteiger partial charge is 0.465 e. The number of nitrogens with two attached hydrogens (primary N) is 1. The van der Waals surface area contributed by atoms with Crippen molar-refractivity contribution in [2.75, 3.05) is 25.5 Å². The number of anilines is 1. The average molecular weight is 299 g/mol. The second kappa shape index (κ2) is 5.98. The monoisotopic (exact) mass is 299 g/mol. The summed E-state index contributed by atoms with van der Waals surface area (Å²) in [5.74, 6) is 0.392. The molecule has 0 atom stereocenters. The number of hydrogen-bond donors (Lipinski definition) is 3. The lowest BCUT2D eigenvalue weighted by molar-refractivity contribution is 0.0601. The van der Waals surface area contributed by atoms with Gasteiger partial charge in [-0.2, -0.15) is 0 Å². The van der Waals surface area contributed by atoms with Gasteiger partial charge in [-0.05, 0) is 25.1 Å². The van der Waals surface area contributed by atoms with Gasteiger partial charge in [0.25, 0.3) is 0 Å². The number of benzene rings is 1. The number of methoxy groups -OCH3 is 1. The van der Waals surface area contributed by atoms with E-state index in [9.17, 15) is 4.79 Å². The summed E-state index contributed by atoms with van der Waals surface area (Å²) in [5, 5.41) is 5.14. The van der Waals surface area contributed by atoms with Crippen LogP contribution in [0, 0.1) is 0 Å². The number of carbonyl (C=O) groups is 1. The van der Waals surface area contributed by atoms with Crippen LogP contribution in [0.25, 0.3) is 21.9 Å². The van der Waals surface area contributed by atoms with Crippen molar-refractivity contribution < 1.29 is 9.53 Å². The van der Waals surface area contributed by atoms with E-state index < -0.39 is 0 Å². The van der Waals surface area contributed by atoms with E-state index in [1.807, 2.05) is 6.07 Å². The van der Waals surface area contributed by atoms with Gasteiger partial charge < -0.3 is 20.8 Å². The maximum absolute atomic E-state index is 11.6. The molecule has 3 aromatic rings. The van der Waals surface area contributed by atoms with Gasteiger partial charge in [-0.3, -0.25) is 0 Å². The Balaban J connectivity index is 2.10. The van der Waals surface area contributed by atoms with Gasteiger partial charge >= 0.3 is 5.97 Å². The minimum atomic E-state index is -0.368. The minimum absolute atomic E-state index is 0.368. The van der Waals surface area contributed by atoms with E-state index in [2.05, 4.69) is 20.3 Å². The lowest BCUT2D eigenvalue weighted by Crippen LogP contribution is -2.09. The van der Waals surface area contributed by atoms with Gasteiger partial charge in [-0.15, -0.1) is 0 Å². The van der Waals surface area contributed by atoms with Gasteiger partial charge in [0.1, 0.15) is 17.8 Å². The highest BCUT2D eigenvalue weighted by atomic mass is 16.5. The van der Waals surface area contributed by atoms with Crippen LogP contribution in [0.4, 0.5) is 5.82 Å². The number of fused-ring (bicyclic) bond motifs is 3. The molecule has 0 fully saturated rings. The maximum atomic E-state index is 11.6. The molecule has 0 unspecified atom stereocenters. The van der Waals surface area contributed by atoms with Crippen LogP contribution >= 0.6 is 0 Å². The van der Waals surface area contributed by atoms with Gasteiger partial charge in [-0.25, -0.2) is 14.8 Å². The summed E-state index contributed by atoms with van der Waals surface area (Å²) in [7, 11) is 1.36. The van der Waals surface area contributed by atoms with Gasteiger partial charge in [0.2, 0.25) is 0 Å². The van der Waals surface area contributed by atoms with Crippen molar-refractivity contribution in [2.24, 2.45) is 5.73 Å². The number of H-pyrrole nitrogens is 1. The molecule has 2 heterocycles. The third-order valence-electron chi connectivity index (χ3n) is 3.48. The molecule has 0 bridgehead atoms. The fraction of sp³-hybridized carbons (Fsp3) is 0.267. The Labute approximate surface area is 126 Å². The lowest BCUT2D eigenvalue weighted by atomic mass is 10.1. The smallest absolute Gasteiger partial charge is 0.337 e. The Morgan fingerprint density at radius 2 is 2.27 bits per heavy atom. The number of carbonyl (C=O) groups excluding carboxylic acids is 1. The molecular formula is C15H17N5O2. The molecule has 4 N–H and O–H groups in total. The molecule has 0 aliphatic carbocycles. The van der Waals surface area contributed by atoms with Gasteiger partial charge in [0.05, 0.1) is 18.1 Å². The average Bonchev–Trinajstić information content (AvgIpc) is 2.92. The van der Waals surface area contributed by atoms with E-state index in [4.69, 9.17) is 10.5 Å². The molecule has 114 valence electrons. The van der Waals surface area contributed by atoms with Crippen LogP contribution in [0.15, 0.2) is 24.5 Å². The van der Waals surface area contributed by atoms with Crippen LogP contribution in [0.5, 0.6) is 0 Å². The SMILES string of the molecule is COC(=O)c1ccc2c(c1)[nH]c1ncnc(NCCCN)c12. The summed E-state index contributed by atoms with van der Waals surface area (Å²) < 4.78 is 4.74. The van der Waals surface area contributed by atoms with Crippen LogP contribution in [-0.4, -0.2) is 41.1 Å². The van der Waals surface area contributed by atoms with Crippen molar-refractivity contribution >= 4 is 33.7 Å². The van der Waals surface area contributed by atoms with Crippen LogP contribution in [0.2, 0.25) is 0 Å². The zero-order valence-corrected chi connectivity index (χ0v) is 12.2. The van der Waals surface area contributed by atoms with Gasteiger partial charge in [0.15, 0.2) is 0 Å². The van der Waals surface area contributed by atoms with Gasteiger partial charge in [0, 0.05) is 17.4 Å². The first kappa shape index (κ1) is 14.3. The van der Waals surface area contributed by atoms with Crippen molar-refractivity contribution in [3.05, 3.63) is 30.1 Å². The number of nitrogens with one attached hydrogen (secondary N) is 2. The number of hydrogen-bond acceptors (Lipinski definition) is 6. The predicted molar refractivity (Wildman–Crippen MR) is 84.9 cm³/mol. The molecule has 22 heavy (non-hydrogen) atoms. The molecule has 7 heteroatoms. The topological polar surface area (TPSA) is 106 Å². The summed E-state index contributed by atoms with van der Waals surface area (Å²) in [6, 6.07) is 5.36. The molecule has 0 aliphatic rings. The van der Waals surface area contributed by atoms with Crippen molar-refractivity contribution in [3.63, 3.8) is 0 Å². The molecule has 7 nitrogen and oxygen atoms in total. The van der Waals surface area contributed by atoms with Crippen molar-refractivity contribution in [3.8, 4) is 0 Å². The molecule has 2 aromatic heterocycles. The zero-order chi connectivity index (χ0) is 15.5. The normalized spacial score (nSPS) is 11.0. The Hall–Kier alpha value is -2.67. The van der Waals surface area contributed by atoms with E-state index in [0.717, 1.165) is 40.7 Å². The Bertz CT molecular complexity index is 827. The number of rotatable bonds is 5. The second-order valence-corrected chi connectivity index (χ2v) is 4.89. The van der Waals surface area contributed by atoms with Crippen molar-refractivity contribution in [2.45, 2.75) is 6.42 Å². The third kappa shape index (κ3) is 2.46. The molecule has 0 saturated heterocycles. The molecule has 1 aromatic carbocycles. The Morgan fingerprint density at radius 3 is 3.05 bits per heavy atom. The quantitative estimate of drug-likeness (QED) is 0.488. The number of aromatic amines is 1. The highest BCUT2D eigenvalue weighted by molar-refractivity contribution is 6.12. The lowest BCUT2D eigenvalue weighted by Gasteiger charge is -2.05. The first-order valence-corrected chi connectivity index (χ1v) is 7.03. The molecule has 0 spiro atoms. The fourth-order valence-corrected chi connectivity index (χ4v) is 2.42. The maximum Gasteiger partial charge on any atom is 0.337 e. The standard InChI is InChI=1S/C15H17N5O2/c1-22-15(21)9-3-4-10-11(7-9)20-14-12(10)13(18-8-19-14)17-6-2-5-16/h3-4,7-8H,2,5-6,16H2,1H3,(H2,17,18,19,20). The number of nitrogens with zero attached hydrogens (tertiary/aromatic N) is 2. The van der Waals surface area contributed by atoms with Gasteiger partial charge in [-0.1, -0.05) is 6.07 Å². The van der Waals surface area contributed by atoms with Crippen LogP contribution in [-0.2, 0) is 4.74 Å². The minimum Gasteiger partial charge on any atom is -0.465 e. The highest BCUT2D eigenvalue weighted by Gasteiger charge is 2.13. The Kier molecular flexibility index (Phi) is 3.88. The molecule has 0 radical (unpaired) electrons. The number of aromatic nitrogens is 3. The molecular weight excluding hydrogens is 282 g/mol. The molecule has 0 amide bonds. The number of ether oxygens (including phenoxy) is 1.